The van der Waals surface area contributed by atoms with Gasteiger partial charge in [0.05, 0.1) is 19.2 Å². The van der Waals surface area contributed by atoms with Crippen molar-refractivity contribution in [2.45, 2.75) is 13.3 Å². The number of amides is 2. The molecular weight excluding hydrogens is 434 g/mol. The Bertz CT molecular complexity index is 1280. The van der Waals surface area contributed by atoms with Gasteiger partial charge in [-0.25, -0.2) is 4.98 Å². The number of para-hydroxylation sites is 1. The maximum absolute atomic E-state index is 13.2. The van der Waals surface area contributed by atoms with Gasteiger partial charge < -0.3 is 15.4 Å². The zero-order valence-electron chi connectivity index (χ0n) is 18.3. The molecule has 0 atom stereocenters. The number of hydrogen-bond donors (Lipinski definition) is 2. The summed E-state index contributed by atoms with van der Waals surface area (Å²) in [6.45, 7) is 1.94. The van der Waals surface area contributed by atoms with Crippen molar-refractivity contribution in [2.75, 3.05) is 17.7 Å². The normalized spacial score (nSPS) is 10.5. The number of carbonyl (C=O) groups excluding carboxylic acids is 2. The number of aromatic nitrogens is 1. The number of carbonyl (C=O) groups is 2. The molecule has 2 amide bonds. The van der Waals surface area contributed by atoms with Crippen LogP contribution in [-0.4, -0.2) is 23.9 Å². The Morgan fingerprint density at radius 3 is 2.45 bits per heavy atom. The number of methoxy groups -OCH3 is 1. The smallest absolute Gasteiger partial charge is 0.268 e. The molecule has 33 heavy (non-hydrogen) atoms. The van der Waals surface area contributed by atoms with Gasteiger partial charge in [-0.05, 0) is 30.7 Å². The second-order valence-electron chi connectivity index (χ2n) is 7.38. The minimum Gasteiger partial charge on any atom is -0.497 e. The maximum Gasteiger partial charge on any atom is 0.268 e. The van der Waals surface area contributed by atoms with E-state index in [1.165, 1.54) is 11.3 Å². The molecule has 6 nitrogen and oxygen atoms in total. The Morgan fingerprint density at radius 2 is 1.70 bits per heavy atom. The molecule has 4 aromatic rings. The molecule has 166 valence electrons. The number of ether oxygens (including phenoxy) is 1. The fourth-order valence-corrected chi connectivity index (χ4v) is 4.30. The molecule has 0 unspecified atom stereocenters. The SMILES string of the molecule is COc1cccc(NC(=O)c2sc(CC(=O)Nc3ccccc3C)nc2-c2ccccc2)c1. The van der Waals surface area contributed by atoms with Gasteiger partial charge in [-0.1, -0.05) is 54.6 Å². The summed E-state index contributed by atoms with van der Waals surface area (Å²) in [5, 5.41) is 6.40. The van der Waals surface area contributed by atoms with Gasteiger partial charge in [0.25, 0.3) is 5.91 Å². The predicted molar refractivity (Wildman–Crippen MR) is 132 cm³/mol. The summed E-state index contributed by atoms with van der Waals surface area (Å²) in [5.74, 6) is 0.177. The summed E-state index contributed by atoms with van der Waals surface area (Å²) in [6.07, 6.45) is 0.0747. The molecule has 0 aliphatic rings. The molecule has 3 aromatic carbocycles. The van der Waals surface area contributed by atoms with Crippen LogP contribution in [0.25, 0.3) is 11.3 Å². The standard InChI is InChI=1S/C26H23N3O3S/c1-17-9-6-7-14-21(17)28-22(30)16-23-29-24(18-10-4-3-5-11-18)25(33-23)26(31)27-19-12-8-13-20(15-19)32-2/h3-15H,16H2,1-2H3,(H,27,31)(H,28,30). The van der Waals surface area contributed by atoms with Gasteiger partial charge in [0, 0.05) is 23.0 Å². The zero-order chi connectivity index (χ0) is 23.2. The molecule has 0 aliphatic carbocycles. The first kappa shape index (κ1) is 22.2. The van der Waals surface area contributed by atoms with Crippen LogP contribution < -0.4 is 15.4 Å². The molecule has 4 rings (SSSR count). The Hall–Kier alpha value is -3.97. The lowest BCUT2D eigenvalue weighted by molar-refractivity contribution is -0.115. The van der Waals surface area contributed by atoms with E-state index in [-0.39, 0.29) is 18.2 Å². The fourth-order valence-electron chi connectivity index (χ4n) is 3.32. The monoisotopic (exact) mass is 457 g/mol. The average Bonchev–Trinajstić information content (AvgIpc) is 3.25. The van der Waals surface area contributed by atoms with Crippen molar-refractivity contribution >= 4 is 34.5 Å². The van der Waals surface area contributed by atoms with Crippen molar-refractivity contribution in [3.05, 3.63) is 94.3 Å². The van der Waals surface area contributed by atoms with Crippen molar-refractivity contribution < 1.29 is 14.3 Å². The Labute approximate surface area is 196 Å². The molecule has 1 aromatic heterocycles. The minimum atomic E-state index is -0.287. The second-order valence-corrected chi connectivity index (χ2v) is 8.46. The maximum atomic E-state index is 13.2. The molecule has 7 heteroatoms. The first-order valence-corrected chi connectivity index (χ1v) is 11.2. The van der Waals surface area contributed by atoms with Crippen molar-refractivity contribution in [3.8, 4) is 17.0 Å². The van der Waals surface area contributed by atoms with E-state index in [9.17, 15) is 9.59 Å². The van der Waals surface area contributed by atoms with Gasteiger partial charge in [0.2, 0.25) is 5.91 Å². The average molecular weight is 458 g/mol. The quantitative estimate of drug-likeness (QED) is 0.381. The Morgan fingerprint density at radius 1 is 0.939 bits per heavy atom. The van der Waals surface area contributed by atoms with Crippen molar-refractivity contribution in [2.24, 2.45) is 0 Å². The Kier molecular flexibility index (Phi) is 6.80. The van der Waals surface area contributed by atoms with Gasteiger partial charge in [0.15, 0.2) is 0 Å². The number of rotatable bonds is 7. The van der Waals surface area contributed by atoms with Gasteiger partial charge in [-0.3, -0.25) is 9.59 Å². The van der Waals surface area contributed by atoms with E-state index in [0.717, 1.165) is 16.8 Å². The van der Waals surface area contributed by atoms with Crippen LogP contribution in [0.4, 0.5) is 11.4 Å². The fraction of sp³-hybridized carbons (Fsp3) is 0.115. The lowest BCUT2D eigenvalue weighted by Gasteiger charge is -2.07. The van der Waals surface area contributed by atoms with Crippen LogP contribution in [0.1, 0.15) is 20.2 Å². The lowest BCUT2D eigenvalue weighted by atomic mass is 10.1. The van der Waals surface area contributed by atoms with Crippen LogP contribution in [0.2, 0.25) is 0 Å². The number of benzene rings is 3. The van der Waals surface area contributed by atoms with E-state index >= 15 is 0 Å². The molecular formula is C26H23N3O3S. The molecule has 0 aliphatic heterocycles. The molecule has 0 spiro atoms. The zero-order valence-corrected chi connectivity index (χ0v) is 19.1. The highest BCUT2D eigenvalue weighted by molar-refractivity contribution is 7.14. The number of nitrogens with one attached hydrogen (secondary N) is 2. The molecule has 0 saturated carbocycles. The summed E-state index contributed by atoms with van der Waals surface area (Å²) in [5.41, 5.74) is 3.73. The summed E-state index contributed by atoms with van der Waals surface area (Å²) in [6, 6.07) is 24.2. The van der Waals surface area contributed by atoms with Crippen LogP contribution in [0, 0.1) is 6.92 Å². The molecule has 2 N–H and O–H groups in total. The van der Waals surface area contributed by atoms with E-state index in [0.29, 0.717) is 27.0 Å². The van der Waals surface area contributed by atoms with Gasteiger partial charge in [0.1, 0.15) is 15.6 Å². The summed E-state index contributed by atoms with van der Waals surface area (Å²) in [7, 11) is 1.58. The highest BCUT2D eigenvalue weighted by Gasteiger charge is 2.21. The first-order valence-electron chi connectivity index (χ1n) is 10.4. The lowest BCUT2D eigenvalue weighted by Crippen LogP contribution is -2.15. The third-order valence-electron chi connectivity index (χ3n) is 4.98. The van der Waals surface area contributed by atoms with Gasteiger partial charge in [-0.2, -0.15) is 0 Å². The second kappa shape index (κ2) is 10.1. The highest BCUT2D eigenvalue weighted by Crippen LogP contribution is 2.30. The molecule has 0 saturated heterocycles. The molecule has 0 bridgehead atoms. The number of hydrogen-bond acceptors (Lipinski definition) is 5. The Balaban J connectivity index is 1.59. The van der Waals surface area contributed by atoms with Crippen molar-refractivity contribution in [3.63, 3.8) is 0 Å². The molecule has 0 radical (unpaired) electrons. The van der Waals surface area contributed by atoms with Gasteiger partial charge in [-0.15, -0.1) is 11.3 Å². The summed E-state index contributed by atoms with van der Waals surface area (Å²) >= 11 is 1.22. The summed E-state index contributed by atoms with van der Waals surface area (Å²) in [4.78, 5) is 30.9. The predicted octanol–water partition coefficient (Wildman–Crippen LogP) is 5.56. The van der Waals surface area contributed by atoms with Crippen LogP contribution in [0.3, 0.4) is 0 Å². The van der Waals surface area contributed by atoms with E-state index in [2.05, 4.69) is 15.6 Å². The third-order valence-corrected chi connectivity index (χ3v) is 6.04. The third kappa shape index (κ3) is 5.45. The number of aryl methyl sites for hydroxylation is 1. The summed E-state index contributed by atoms with van der Waals surface area (Å²) < 4.78 is 5.23. The largest absolute Gasteiger partial charge is 0.497 e. The van der Waals surface area contributed by atoms with Crippen LogP contribution >= 0.6 is 11.3 Å². The first-order chi connectivity index (χ1) is 16.0. The highest BCUT2D eigenvalue weighted by atomic mass is 32.1. The number of nitrogens with zero attached hydrogens (tertiary/aromatic N) is 1. The van der Waals surface area contributed by atoms with Crippen LogP contribution in [0.5, 0.6) is 5.75 Å². The van der Waals surface area contributed by atoms with Crippen molar-refractivity contribution in [1.29, 1.82) is 0 Å². The van der Waals surface area contributed by atoms with Crippen molar-refractivity contribution in [1.82, 2.24) is 4.98 Å². The topological polar surface area (TPSA) is 80.3 Å². The van der Waals surface area contributed by atoms with E-state index in [1.807, 2.05) is 67.6 Å². The number of thiazole rings is 1. The minimum absolute atomic E-state index is 0.0747. The van der Waals surface area contributed by atoms with E-state index < -0.39 is 0 Å². The van der Waals surface area contributed by atoms with Gasteiger partial charge >= 0.3 is 0 Å². The van der Waals surface area contributed by atoms with Crippen LogP contribution in [-0.2, 0) is 11.2 Å². The molecule has 0 fully saturated rings. The van der Waals surface area contributed by atoms with E-state index in [1.54, 1.807) is 25.3 Å². The van der Waals surface area contributed by atoms with Crippen LogP contribution in [0.15, 0.2) is 78.9 Å². The van der Waals surface area contributed by atoms with E-state index in [4.69, 9.17) is 4.74 Å². The molecule has 1 heterocycles. The number of anilines is 2.